The van der Waals surface area contributed by atoms with E-state index in [1.807, 2.05) is 6.07 Å². The van der Waals surface area contributed by atoms with Crippen LogP contribution in [0.1, 0.15) is 77.3 Å². The summed E-state index contributed by atoms with van der Waals surface area (Å²) in [5.74, 6) is -0.925. The zero-order valence-electron chi connectivity index (χ0n) is 22.1. The predicted molar refractivity (Wildman–Crippen MR) is 147 cm³/mol. The van der Waals surface area contributed by atoms with Crippen LogP contribution in [0.2, 0.25) is 10.0 Å². The van der Waals surface area contributed by atoms with E-state index in [4.69, 9.17) is 23.2 Å². The van der Waals surface area contributed by atoms with Crippen molar-refractivity contribution < 1.29 is 14.0 Å². The summed E-state index contributed by atoms with van der Waals surface area (Å²) in [4.78, 5) is 28.1. The van der Waals surface area contributed by atoms with Gasteiger partial charge < -0.3 is 10.6 Å². The van der Waals surface area contributed by atoms with Gasteiger partial charge in [0, 0.05) is 34.1 Å². The normalized spacial score (nSPS) is 28.8. The molecule has 2 fully saturated rings. The number of carbonyl (C=O) groups excluding carboxylic acids is 2. The SMILES string of the molecule is CC(C)(C)C[C@@H]1N[C@@H](C(=O)CC2CC(C)(C)C2)[C@H](c2cc(F)cc(Cl)c2)[C@]12C(=O)Nc1cc(Cl)ccc12. The lowest BCUT2D eigenvalue weighted by molar-refractivity contribution is -0.124. The molecule has 2 aromatic rings. The number of rotatable bonds is 5. The van der Waals surface area contributed by atoms with Gasteiger partial charge in [0.15, 0.2) is 5.78 Å². The molecule has 1 spiro atoms. The van der Waals surface area contributed by atoms with Crippen molar-refractivity contribution in [3.63, 3.8) is 0 Å². The Morgan fingerprint density at radius 3 is 2.41 bits per heavy atom. The van der Waals surface area contributed by atoms with Crippen molar-refractivity contribution >= 4 is 40.6 Å². The molecule has 1 saturated heterocycles. The molecule has 0 bridgehead atoms. The fraction of sp³-hybridized carbons (Fsp3) is 0.533. The summed E-state index contributed by atoms with van der Waals surface area (Å²) in [5, 5.41) is 7.42. The van der Waals surface area contributed by atoms with Crippen molar-refractivity contribution in [1.82, 2.24) is 5.32 Å². The van der Waals surface area contributed by atoms with Crippen molar-refractivity contribution in [1.29, 1.82) is 0 Å². The van der Waals surface area contributed by atoms with E-state index in [2.05, 4.69) is 45.3 Å². The Hall–Kier alpha value is -1.95. The van der Waals surface area contributed by atoms with Crippen LogP contribution < -0.4 is 10.6 Å². The van der Waals surface area contributed by atoms with Gasteiger partial charge >= 0.3 is 0 Å². The number of anilines is 1. The first-order valence-corrected chi connectivity index (χ1v) is 13.8. The average molecular weight is 546 g/mol. The van der Waals surface area contributed by atoms with Gasteiger partial charge in [-0.2, -0.15) is 0 Å². The van der Waals surface area contributed by atoms with Crippen molar-refractivity contribution in [2.75, 3.05) is 5.32 Å². The molecule has 7 heteroatoms. The van der Waals surface area contributed by atoms with Crippen LogP contribution in [0.25, 0.3) is 0 Å². The van der Waals surface area contributed by atoms with Crippen LogP contribution >= 0.6 is 23.2 Å². The Labute approximate surface area is 228 Å². The summed E-state index contributed by atoms with van der Waals surface area (Å²) in [6.45, 7) is 10.8. The number of amides is 1. The van der Waals surface area contributed by atoms with Crippen LogP contribution in [-0.2, 0) is 15.0 Å². The number of Topliss-reactive ketones (excluding diaryl/α,β-unsaturated/α-hetero) is 1. The molecular formula is C30H35Cl2FN2O2. The molecule has 4 nitrogen and oxygen atoms in total. The van der Waals surface area contributed by atoms with E-state index in [0.717, 1.165) is 18.4 Å². The molecule has 2 aliphatic heterocycles. The van der Waals surface area contributed by atoms with E-state index in [-0.39, 0.29) is 33.6 Å². The lowest BCUT2D eigenvalue weighted by Crippen LogP contribution is -2.49. The average Bonchev–Trinajstić information content (AvgIpc) is 3.20. The summed E-state index contributed by atoms with van der Waals surface area (Å²) in [5.41, 5.74) is 0.972. The molecule has 1 amide bonds. The summed E-state index contributed by atoms with van der Waals surface area (Å²) in [7, 11) is 0. The molecule has 1 saturated carbocycles. The van der Waals surface area contributed by atoms with Gasteiger partial charge in [0.05, 0.1) is 6.04 Å². The van der Waals surface area contributed by atoms with Gasteiger partial charge in [-0.05, 0) is 77.5 Å². The molecule has 0 unspecified atom stereocenters. The minimum absolute atomic E-state index is 0.0666. The van der Waals surface area contributed by atoms with Crippen molar-refractivity contribution in [2.24, 2.45) is 16.7 Å². The first-order valence-electron chi connectivity index (χ1n) is 13.1. The van der Waals surface area contributed by atoms with Crippen molar-refractivity contribution in [3.05, 3.63) is 63.4 Å². The van der Waals surface area contributed by atoms with Crippen molar-refractivity contribution in [2.45, 2.75) is 83.7 Å². The Morgan fingerprint density at radius 2 is 1.78 bits per heavy atom. The zero-order chi connectivity index (χ0) is 26.9. The fourth-order valence-electron chi connectivity index (χ4n) is 7.29. The molecule has 1 aliphatic carbocycles. The largest absolute Gasteiger partial charge is 0.325 e. The number of benzene rings is 2. The highest BCUT2D eigenvalue weighted by Crippen LogP contribution is 2.57. The number of ketones is 1. The molecule has 37 heavy (non-hydrogen) atoms. The maximum Gasteiger partial charge on any atom is 0.237 e. The number of nitrogens with one attached hydrogen (secondary N) is 2. The van der Waals surface area contributed by atoms with E-state index >= 15 is 0 Å². The molecule has 5 rings (SSSR count). The van der Waals surface area contributed by atoms with Gasteiger partial charge in [-0.3, -0.25) is 9.59 Å². The highest BCUT2D eigenvalue weighted by Gasteiger charge is 2.65. The highest BCUT2D eigenvalue weighted by molar-refractivity contribution is 6.31. The maximum atomic E-state index is 14.8. The number of hydrogen-bond acceptors (Lipinski definition) is 3. The van der Waals surface area contributed by atoms with E-state index in [1.165, 1.54) is 12.1 Å². The molecule has 2 heterocycles. The summed E-state index contributed by atoms with van der Waals surface area (Å²) in [6, 6.07) is 8.77. The van der Waals surface area contributed by atoms with Crippen LogP contribution in [0, 0.1) is 22.6 Å². The van der Waals surface area contributed by atoms with Crippen LogP contribution in [0.5, 0.6) is 0 Å². The maximum absolute atomic E-state index is 14.8. The predicted octanol–water partition coefficient (Wildman–Crippen LogP) is 7.28. The van der Waals surface area contributed by atoms with Crippen LogP contribution in [0.15, 0.2) is 36.4 Å². The van der Waals surface area contributed by atoms with Crippen LogP contribution in [-0.4, -0.2) is 23.8 Å². The number of fused-ring (bicyclic) bond motifs is 2. The number of carbonyl (C=O) groups is 2. The molecule has 0 radical (unpaired) electrons. The first-order chi connectivity index (χ1) is 17.2. The van der Waals surface area contributed by atoms with Crippen molar-refractivity contribution in [3.8, 4) is 0 Å². The standard InChI is InChI=1S/C30H35Cl2FN2O2/c1-28(2,3)15-24-30(21-7-6-18(31)12-22(21)34-27(30)37)25(17-9-19(32)11-20(33)10-17)26(35-24)23(36)8-16-13-29(4,5)14-16/h6-7,9-12,16,24-26,35H,8,13-15H2,1-5H3,(H,34,37)/t24-,25-,26-,30+/m0/s1. The summed E-state index contributed by atoms with van der Waals surface area (Å²) >= 11 is 12.6. The van der Waals surface area contributed by atoms with Crippen LogP contribution in [0.3, 0.4) is 0 Å². The smallest absolute Gasteiger partial charge is 0.237 e. The monoisotopic (exact) mass is 544 g/mol. The highest BCUT2D eigenvalue weighted by atomic mass is 35.5. The summed E-state index contributed by atoms with van der Waals surface area (Å²) in [6.07, 6.45) is 3.08. The van der Waals surface area contributed by atoms with Gasteiger partial charge in [-0.25, -0.2) is 4.39 Å². The second kappa shape index (κ2) is 9.07. The quantitative estimate of drug-likeness (QED) is 0.415. The van der Waals surface area contributed by atoms with Crippen LogP contribution in [0.4, 0.5) is 10.1 Å². The molecule has 0 aromatic heterocycles. The molecule has 3 aliphatic rings. The van der Waals surface area contributed by atoms with E-state index < -0.39 is 23.2 Å². The topological polar surface area (TPSA) is 58.2 Å². The Kier molecular flexibility index (Phi) is 6.53. The van der Waals surface area contributed by atoms with Gasteiger partial charge in [0.25, 0.3) is 0 Å². The lowest BCUT2D eigenvalue weighted by atomic mass is 9.60. The first kappa shape index (κ1) is 26.6. The molecule has 198 valence electrons. The van der Waals surface area contributed by atoms with E-state index in [9.17, 15) is 14.0 Å². The minimum Gasteiger partial charge on any atom is -0.325 e. The van der Waals surface area contributed by atoms with Gasteiger partial charge in [-0.15, -0.1) is 0 Å². The lowest BCUT2D eigenvalue weighted by Gasteiger charge is -2.43. The second-order valence-corrected chi connectivity index (χ2v) is 14.1. The molecule has 2 N–H and O–H groups in total. The Bertz CT molecular complexity index is 1240. The summed E-state index contributed by atoms with van der Waals surface area (Å²) < 4.78 is 14.8. The number of halogens is 3. The fourth-order valence-corrected chi connectivity index (χ4v) is 7.69. The van der Waals surface area contributed by atoms with Gasteiger partial charge in [0.1, 0.15) is 11.2 Å². The molecule has 2 aromatic carbocycles. The van der Waals surface area contributed by atoms with E-state index in [1.54, 1.807) is 18.2 Å². The Balaban J connectivity index is 1.68. The third kappa shape index (κ3) is 4.72. The third-order valence-corrected chi connectivity index (χ3v) is 8.84. The van der Waals surface area contributed by atoms with Gasteiger partial charge in [0.2, 0.25) is 5.91 Å². The zero-order valence-corrected chi connectivity index (χ0v) is 23.6. The third-order valence-electron chi connectivity index (χ3n) is 8.39. The second-order valence-electron chi connectivity index (χ2n) is 13.3. The minimum atomic E-state index is -1.12. The Morgan fingerprint density at radius 1 is 1.08 bits per heavy atom. The van der Waals surface area contributed by atoms with E-state index in [0.29, 0.717) is 35.0 Å². The number of hydrogen-bond donors (Lipinski definition) is 2. The molecular weight excluding hydrogens is 510 g/mol. The molecule has 4 atom stereocenters. The van der Waals surface area contributed by atoms with Gasteiger partial charge in [-0.1, -0.05) is 63.9 Å².